The Balaban J connectivity index is 1.97. The Morgan fingerprint density at radius 2 is 1.95 bits per heavy atom. The molecule has 21 heavy (non-hydrogen) atoms. The Morgan fingerprint density at radius 3 is 2.57 bits per heavy atom. The van der Waals surface area contributed by atoms with Gasteiger partial charge in [0.1, 0.15) is 0 Å². The fourth-order valence-electron chi connectivity index (χ4n) is 2.22. The van der Waals surface area contributed by atoms with Gasteiger partial charge in [-0.15, -0.1) is 0 Å². The van der Waals surface area contributed by atoms with Gasteiger partial charge in [-0.1, -0.05) is 13.8 Å². The van der Waals surface area contributed by atoms with Gasteiger partial charge in [-0.25, -0.2) is 0 Å². The minimum atomic E-state index is 0.397. The van der Waals surface area contributed by atoms with E-state index < -0.39 is 0 Å². The molecule has 0 amide bonds. The lowest BCUT2D eigenvalue weighted by molar-refractivity contribution is 0.520. The minimum absolute atomic E-state index is 0.397. The van der Waals surface area contributed by atoms with Crippen LogP contribution in [0.5, 0.6) is 0 Å². The molecule has 2 aromatic heterocycles. The first-order valence-electron chi connectivity index (χ1n) is 7.73. The van der Waals surface area contributed by atoms with E-state index in [0.29, 0.717) is 12.0 Å². The monoisotopic (exact) mass is 289 g/mol. The van der Waals surface area contributed by atoms with E-state index in [9.17, 15) is 0 Å². The highest BCUT2D eigenvalue weighted by atomic mass is 15.3. The lowest BCUT2D eigenvalue weighted by Gasteiger charge is -2.05. The maximum atomic E-state index is 4.59. The van der Waals surface area contributed by atoms with Crippen LogP contribution in [0.2, 0.25) is 0 Å². The van der Waals surface area contributed by atoms with Gasteiger partial charge in [-0.2, -0.15) is 10.2 Å². The number of hydrogen-bond donors (Lipinski definition) is 1. The summed E-state index contributed by atoms with van der Waals surface area (Å²) < 4.78 is 3.96. The summed E-state index contributed by atoms with van der Waals surface area (Å²) in [4.78, 5) is 0. The largest absolute Gasteiger partial charge is 0.312 e. The molecule has 0 fully saturated rings. The first-order chi connectivity index (χ1) is 9.95. The van der Waals surface area contributed by atoms with Crippen molar-refractivity contribution >= 4 is 0 Å². The van der Waals surface area contributed by atoms with E-state index in [-0.39, 0.29) is 0 Å². The third kappa shape index (κ3) is 4.43. The summed E-state index contributed by atoms with van der Waals surface area (Å²) in [6.07, 6.45) is 4.15. The van der Waals surface area contributed by atoms with Gasteiger partial charge in [0.25, 0.3) is 0 Å². The van der Waals surface area contributed by atoms with Crippen molar-refractivity contribution in [2.24, 2.45) is 5.92 Å². The first kappa shape index (κ1) is 15.8. The highest BCUT2D eigenvalue weighted by Crippen LogP contribution is 2.09. The zero-order valence-electron chi connectivity index (χ0n) is 13.8. The van der Waals surface area contributed by atoms with E-state index in [1.54, 1.807) is 0 Å². The summed E-state index contributed by atoms with van der Waals surface area (Å²) in [6.45, 7) is 13.4. The average Bonchev–Trinajstić information content (AvgIpc) is 2.97. The number of rotatable bonds is 7. The Kier molecular flexibility index (Phi) is 5.17. The van der Waals surface area contributed by atoms with Crippen LogP contribution in [0.1, 0.15) is 50.7 Å². The zero-order chi connectivity index (χ0) is 15.4. The average molecular weight is 289 g/mol. The summed E-state index contributed by atoms with van der Waals surface area (Å²) in [5, 5.41) is 12.6. The Morgan fingerprint density at radius 1 is 1.19 bits per heavy atom. The van der Waals surface area contributed by atoms with Crippen LogP contribution in [-0.4, -0.2) is 26.1 Å². The van der Waals surface area contributed by atoms with Crippen LogP contribution >= 0.6 is 0 Å². The molecule has 0 atom stereocenters. The summed E-state index contributed by atoms with van der Waals surface area (Å²) in [5.41, 5.74) is 3.40. The molecule has 0 unspecified atom stereocenters. The van der Waals surface area contributed by atoms with Gasteiger partial charge >= 0.3 is 0 Å². The van der Waals surface area contributed by atoms with E-state index in [1.165, 1.54) is 5.56 Å². The second kappa shape index (κ2) is 6.89. The second-order valence-electron chi connectivity index (χ2n) is 6.34. The van der Waals surface area contributed by atoms with Crippen molar-refractivity contribution < 1.29 is 0 Å². The van der Waals surface area contributed by atoms with Gasteiger partial charge in [0.15, 0.2) is 0 Å². The number of aryl methyl sites for hydroxylation is 1. The Bertz CT molecular complexity index is 565. The van der Waals surface area contributed by atoms with Gasteiger partial charge in [0.2, 0.25) is 0 Å². The third-order valence-electron chi connectivity index (χ3n) is 3.43. The van der Waals surface area contributed by atoms with Gasteiger partial charge < -0.3 is 5.32 Å². The molecule has 2 heterocycles. The fraction of sp³-hybridized carbons (Fsp3) is 0.625. The van der Waals surface area contributed by atoms with E-state index in [1.807, 2.05) is 15.6 Å². The van der Waals surface area contributed by atoms with Crippen molar-refractivity contribution in [3.8, 4) is 0 Å². The summed E-state index contributed by atoms with van der Waals surface area (Å²) in [6, 6.07) is 2.46. The van der Waals surface area contributed by atoms with Crippen LogP contribution < -0.4 is 5.32 Å². The SMILES string of the molecule is Cc1nn(Cc2ccn(C(C)C)n2)cc1CNCC(C)C. The fourth-order valence-corrected chi connectivity index (χ4v) is 2.22. The van der Waals surface area contributed by atoms with Gasteiger partial charge in [-0.3, -0.25) is 9.36 Å². The minimum Gasteiger partial charge on any atom is -0.312 e. The molecule has 0 spiro atoms. The molecule has 0 radical (unpaired) electrons. The Labute approximate surface area is 127 Å². The van der Waals surface area contributed by atoms with Crippen molar-refractivity contribution in [2.45, 2.75) is 53.8 Å². The van der Waals surface area contributed by atoms with Crippen molar-refractivity contribution in [1.82, 2.24) is 24.9 Å². The van der Waals surface area contributed by atoms with E-state index in [0.717, 1.165) is 31.0 Å². The summed E-state index contributed by atoms with van der Waals surface area (Å²) >= 11 is 0. The molecule has 5 heteroatoms. The van der Waals surface area contributed by atoms with Crippen LogP contribution in [0.4, 0.5) is 0 Å². The van der Waals surface area contributed by atoms with Gasteiger partial charge in [-0.05, 0) is 39.3 Å². The van der Waals surface area contributed by atoms with E-state index in [2.05, 4.69) is 62.4 Å². The lowest BCUT2D eigenvalue weighted by Crippen LogP contribution is -2.19. The normalized spacial score (nSPS) is 11.8. The Hall–Kier alpha value is -1.62. The van der Waals surface area contributed by atoms with Crippen molar-refractivity contribution in [1.29, 1.82) is 0 Å². The molecule has 0 bridgehead atoms. The molecule has 116 valence electrons. The molecule has 5 nitrogen and oxygen atoms in total. The lowest BCUT2D eigenvalue weighted by atomic mass is 10.2. The smallest absolute Gasteiger partial charge is 0.0850 e. The maximum absolute atomic E-state index is 4.59. The quantitative estimate of drug-likeness (QED) is 0.852. The molecule has 0 saturated carbocycles. The molecule has 2 rings (SSSR count). The maximum Gasteiger partial charge on any atom is 0.0850 e. The molecule has 0 aliphatic rings. The standard InChI is InChI=1S/C16H27N5/c1-12(2)8-17-9-15-10-20(18-14(15)5)11-16-6-7-21(19-16)13(3)4/h6-7,10,12-13,17H,8-9,11H2,1-5H3. The highest BCUT2D eigenvalue weighted by molar-refractivity contribution is 5.16. The van der Waals surface area contributed by atoms with Crippen LogP contribution in [0.3, 0.4) is 0 Å². The van der Waals surface area contributed by atoms with Crippen molar-refractivity contribution in [3.05, 3.63) is 35.4 Å². The summed E-state index contributed by atoms with van der Waals surface area (Å²) in [7, 11) is 0. The molecule has 0 aromatic carbocycles. The topological polar surface area (TPSA) is 47.7 Å². The number of aromatic nitrogens is 4. The van der Waals surface area contributed by atoms with Crippen LogP contribution in [-0.2, 0) is 13.1 Å². The van der Waals surface area contributed by atoms with Crippen molar-refractivity contribution in [3.63, 3.8) is 0 Å². The van der Waals surface area contributed by atoms with Gasteiger partial charge in [0, 0.05) is 30.5 Å². The van der Waals surface area contributed by atoms with Crippen LogP contribution in [0.15, 0.2) is 18.5 Å². The van der Waals surface area contributed by atoms with Gasteiger partial charge in [0.05, 0.1) is 17.9 Å². The molecule has 0 aliphatic heterocycles. The molecule has 0 saturated heterocycles. The molecular weight excluding hydrogens is 262 g/mol. The zero-order valence-corrected chi connectivity index (χ0v) is 13.8. The number of hydrogen-bond acceptors (Lipinski definition) is 3. The predicted molar refractivity (Wildman–Crippen MR) is 85.2 cm³/mol. The van der Waals surface area contributed by atoms with E-state index >= 15 is 0 Å². The first-order valence-corrected chi connectivity index (χ1v) is 7.73. The van der Waals surface area contributed by atoms with Crippen molar-refractivity contribution in [2.75, 3.05) is 6.54 Å². The number of nitrogens with zero attached hydrogens (tertiary/aromatic N) is 4. The number of nitrogens with one attached hydrogen (secondary N) is 1. The summed E-state index contributed by atoms with van der Waals surface area (Å²) in [5.74, 6) is 0.667. The van der Waals surface area contributed by atoms with Crippen LogP contribution in [0.25, 0.3) is 0 Å². The van der Waals surface area contributed by atoms with E-state index in [4.69, 9.17) is 0 Å². The predicted octanol–water partition coefficient (Wildman–Crippen LogP) is 2.76. The molecular formula is C16H27N5. The highest BCUT2D eigenvalue weighted by Gasteiger charge is 2.07. The second-order valence-corrected chi connectivity index (χ2v) is 6.34. The van der Waals surface area contributed by atoms with Crippen LogP contribution in [0, 0.1) is 12.8 Å². The third-order valence-corrected chi connectivity index (χ3v) is 3.43. The molecule has 0 aliphatic carbocycles. The molecule has 1 N–H and O–H groups in total. The molecule has 2 aromatic rings.